The zero-order chi connectivity index (χ0) is 16.4. The van der Waals surface area contributed by atoms with Gasteiger partial charge in [0.2, 0.25) is 0 Å². The molecule has 114 valence electrons. The molecule has 4 nitrogen and oxygen atoms in total. The molecule has 0 unspecified atom stereocenters. The van der Waals surface area contributed by atoms with Crippen molar-refractivity contribution in [1.29, 1.82) is 0 Å². The summed E-state index contributed by atoms with van der Waals surface area (Å²) in [5.74, 6) is 1.99. The van der Waals surface area contributed by atoms with Gasteiger partial charge in [0.05, 0.1) is 11.4 Å². The number of hydrogen-bond donors (Lipinski definition) is 0. The number of carbonyl (C=O) groups excluding carboxylic acids is 2. The number of thioether (sulfide) groups is 1. The number of imide groups is 1. The molecule has 0 N–H and O–H groups in total. The summed E-state index contributed by atoms with van der Waals surface area (Å²) in [5, 5.41) is -0.326. The van der Waals surface area contributed by atoms with E-state index in [1.54, 1.807) is 6.08 Å². The Morgan fingerprint density at radius 2 is 2.09 bits per heavy atom. The monoisotopic (exact) mass is 322 g/mol. The van der Waals surface area contributed by atoms with Gasteiger partial charge < -0.3 is 4.57 Å². The molecule has 1 aromatic heterocycles. The Balaban J connectivity index is 1.96. The van der Waals surface area contributed by atoms with Gasteiger partial charge in [0.15, 0.2) is 0 Å². The summed E-state index contributed by atoms with van der Waals surface area (Å²) >= 11 is 0.917. The molecule has 0 aliphatic carbocycles. The number of rotatable bonds is 3. The molecule has 0 saturated carbocycles. The molecule has 5 heteroatoms. The lowest BCUT2D eigenvalue weighted by molar-refractivity contribution is -0.122. The van der Waals surface area contributed by atoms with E-state index in [2.05, 4.69) is 12.0 Å². The largest absolute Gasteiger partial charge is 0.317 e. The second kappa shape index (κ2) is 6.19. The number of aromatic nitrogens is 1. The smallest absolute Gasteiger partial charge is 0.294 e. The molecule has 0 spiro atoms. The van der Waals surface area contributed by atoms with Crippen molar-refractivity contribution < 1.29 is 9.59 Å². The molecule has 1 fully saturated rings. The summed E-state index contributed by atoms with van der Waals surface area (Å²) in [5.41, 5.74) is 2.99. The first kappa shape index (κ1) is 15.2. The number of nitrogens with zero attached hydrogens (tertiary/aromatic N) is 2. The van der Waals surface area contributed by atoms with E-state index in [9.17, 15) is 9.59 Å². The van der Waals surface area contributed by atoms with Crippen LogP contribution < -0.4 is 0 Å². The summed E-state index contributed by atoms with van der Waals surface area (Å²) in [6.07, 6.45) is 8.85. The number of terminal acetylenes is 1. The van der Waals surface area contributed by atoms with E-state index in [1.807, 2.05) is 48.0 Å². The predicted octanol–water partition coefficient (Wildman–Crippen LogP) is 3.46. The van der Waals surface area contributed by atoms with Crippen LogP contribution in [-0.4, -0.2) is 27.2 Å². The third-order valence-electron chi connectivity index (χ3n) is 3.46. The van der Waals surface area contributed by atoms with Crippen molar-refractivity contribution in [3.05, 3.63) is 58.8 Å². The fourth-order valence-electron chi connectivity index (χ4n) is 2.39. The van der Waals surface area contributed by atoms with E-state index in [0.717, 1.165) is 33.6 Å². The summed E-state index contributed by atoms with van der Waals surface area (Å²) in [7, 11) is 0. The lowest BCUT2D eigenvalue weighted by atomic mass is 10.2. The van der Waals surface area contributed by atoms with Crippen molar-refractivity contribution >= 4 is 29.0 Å². The molecule has 0 bridgehead atoms. The molecular formula is C18H14N2O2S. The number of benzene rings is 1. The van der Waals surface area contributed by atoms with Crippen LogP contribution in [-0.2, 0) is 4.79 Å². The molecular weight excluding hydrogens is 308 g/mol. The second-order valence-electron chi connectivity index (χ2n) is 5.11. The Morgan fingerprint density at radius 3 is 2.83 bits per heavy atom. The topological polar surface area (TPSA) is 42.3 Å². The average Bonchev–Trinajstić information content (AvgIpc) is 3.08. The first-order valence-corrected chi connectivity index (χ1v) is 7.85. The first-order chi connectivity index (χ1) is 11.1. The lowest BCUT2D eigenvalue weighted by Crippen LogP contribution is -2.28. The Morgan fingerprint density at radius 1 is 1.26 bits per heavy atom. The van der Waals surface area contributed by atoms with Crippen molar-refractivity contribution in [3.63, 3.8) is 0 Å². The van der Waals surface area contributed by atoms with Crippen molar-refractivity contribution in [2.24, 2.45) is 0 Å². The third-order valence-corrected chi connectivity index (χ3v) is 4.37. The standard InChI is InChI=1S/C18H14N2O2S/c1-3-9-20-17(21)16(23-18(20)22)12-15-8-5-10-19(15)14-7-4-6-13(2)11-14/h1,4-8,10-12H,9H2,2H3/b16-12+. The zero-order valence-corrected chi connectivity index (χ0v) is 13.3. The summed E-state index contributed by atoms with van der Waals surface area (Å²) in [4.78, 5) is 25.5. The SMILES string of the molecule is C#CCN1C(=O)S/C(=C/c2cccn2-c2cccc(C)c2)C1=O. The molecule has 2 heterocycles. The minimum atomic E-state index is -0.338. The Kier molecular flexibility index (Phi) is 4.09. The highest BCUT2D eigenvalue weighted by Gasteiger charge is 2.34. The van der Waals surface area contributed by atoms with Crippen LogP contribution >= 0.6 is 11.8 Å². The van der Waals surface area contributed by atoms with Crippen molar-refractivity contribution in [3.8, 4) is 18.0 Å². The van der Waals surface area contributed by atoms with E-state index < -0.39 is 0 Å². The van der Waals surface area contributed by atoms with Crippen LogP contribution in [0.25, 0.3) is 11.8 Å². The Hall–Kier alpha value is -2.71. The number of amides is 2. The summed E-state index contributed by atoms with van der Waals surface area (Å²) < 4.78 is 1.97. The van der Waals surface area contributed by atoms with Gasteiger partial charge in [-0.15, -0.1) is 6.42 Å². The van der Waals surface area contributed by atoms with Gasteiger partial charge in [0.25, 0.3) is 11.1 Å². The van der Waals surface area contributed by atoms with Crippen LogP contribution in [0.3, 0.4) is 0 Å². The van der Waals surface area contributed by atoms with E-state index in [-0.39, 0.29) is 17.7 Å². The highest BCUT2D eigenvalue weighted by molar-refractivity contribution is 8.18. The van der Waals surface area contributed by atoms with Gasteiger partial charge in [-0.3, -0.25) is 14.5 Å². The van der Waals surface area contributed by atoms with Gasteiger partial charge in [-0.05, 0) is 54.6 Å². The second-order valence-corrected chi connectivity index (χ2v) is 6.11. The molecule has 1 aliphatic rings. The number of aryl methyl sites for hydroxylation is 1. The van der Waals surface area contributed by atoms with Gasteiger partial charge in [0, 0.05) is 17.6 Å². The van der Waals surface area contributed by atoms with Gasteiger partial charge in [-0.2, -0.15) is 0 Å². The van der Waals surface area contributed by atoms with E-state index in [1.165, 1.54) is 0 Å². The van der Waals surface area contributed by atoms with Crippen LogP contribution in [0.1, 0.15) is 11.3 Å². The summed E-state index contributed by atoms with van der Waals surface area (Å²) in [6, 6.07) is 11.9. The lowest BCUT2D eigenvalue weighted by Gasteiger charge is -2.08. The minimum Gasteiger partial charge on any atom is -0.317 e. The van der Waals surface area contributed by atoms with Crippen LogP contribution in [0.4, 0.5) is 4.79 Å². The maximum absolute atomic E-state index is 12.2. The number of hydrogen-bond acceptors (Lipinski definition) is 3. The van der Waals surface area contributed by atoms with E-state index >= 15 is 0 Å². The Labute approximate surface area is 138 Å². The molecule has 1 aromatic carbocycles. The van der Waals surface area contributed by atoms with Crippen LogP contribution in [0, 0.1) is 19.3 Å². The Bertz CT molecular complexity index is 858. The predicted molar refractivity (Wildman–Crippen MR) is 92.0 cm³/mol. The van der Waals surface area contributed by atoms with Crippen molar-refractivity contribution in [2.75, 3.05) is 6.54 Å². The first-order valence-electron chi connectivity index (χ1n) is 7.03. The molecule has 1 saturated heterocycles. The van der Waals surface area contributed by atoms with Crippen molar-refractivity contribution in [1.82, 2.24) is 9.47 Å². The molecule has 1 aliphatic heterocycles. The van der Waals surface area contributed by atoms with Crippen LogP contribution in [0.2, 0.25) is 0 Å². The summed E-state index contributed by atoms with van der Waals surface area (Å²) in [6.45, 7) is 2.03. The average molecular weight is 322 g/mol. The molecule has 2 aromatic rings. The van der Waals surface area contributed by atoms with Gasteiger partial charge in [-0.1, -0.05) is 18.1 Å². The fraction of sp³-hybridized carbons (Fsp3) is 0.111. The fourth-order valence-corrected chi connectivity index (χ4v) is 3.21. The van der Waals surface area contributed by atoms with E-state index in [4.69, 9.17) is 6.42 Å². The normalized spacial score (nSPS) is 16.2. The molecule has 23 heavy (non-hydrogen) atoms. The zero-order valence-electron chi connectivity index (χ0n) is 12.5. The molecule has 0 atom stereocenters. The van der Waals surface area contributed by atoms with Gasteiger partial charge in [-0.25, -0.2) is 0 Å². The highest BCUT2D eigenvalue weighted by Crippen LogP contribution is 2.32. The van der Waals surface area contributed by atoms with Crippen LogP contribution in [0.5, 0.6) is 0 Å². The maximum Gasteiger partial charge on any atom is 0.294 e. The highest BCUT2D eigenvalue weighted by atomic mass is 32.2. The van der Waals surface area contributed by atoms with E-state index in [0.29, 0.717) is 4.91 Å². The van der Waals surface area contributed by atoms with Crippen LogP contribution in [0.15, 0.2) is 47.5 Å². The molecule has 2 amide bonds. The van der Waals surface area contributed by atoms with Gasteiger partial charge in [0.1, 0.15) is 0 Å². The van der Waals surface area contributed by atoms with Gasteiger partial charge >= 0.3 is 0 Å². The molecule has 0 radical (unpaired) electrons. The number of carbonyl (C=O) groups is 2. The maximum atomic E-state index is 12.2. The van der Waals surface area contributed by atoms with Crippen molar-refractivity contribution in [2.45, 2.75) is 6.92 Å². The minimum absolute atomic E-state index is 0.000891. The quantitative estimate of drug-likeness (QED) is 0.642. The third kappa shape index (κ3) is 2.94. The molecule has 3 rings (SSSR count).